The highest BCUT2D eigenvalue weighted by Crippen LogP contribution is 2.30. The third-order valence-electron chi connectivity index (χ3n) is 2.94. The maximum atomic E-state index is 11.2. The van der Waals surface area contributed by atoms with Crippen molar-refractivity contribution < 1.29 is 14.5 Å². The lowest BCUT2D eigenvalue weighted by molar-refractivity contribution is -0.385. The molecule has 0 fully saturated rings. The van der Waals surface area contributed by atoms with Gasteiger partial charge in [0, 0.05) is 0 Å². The predicted molar refractivity (Wildman–Crippen MR) is 78.8 cm³/mol. The van der Waals surface area contributed by atoms with E-state index in [9.17, 15) is 14.9 Å². The molecule has 0 radical (unpaired) electrons. The fourth-order valence-corrected chi connectivity index (χ4v) is 2.03. The Balaban J connectivity index is 2.30. The first kappa shape index (κ1) is 15.0. The molecule has 2 aromatic carbocycles. The number of benzene rings is 2. The van der Waals surface area contributed by atoms with Crippen LogP contribution in [0, 0.1) is 17.0 Å². The molecule has 0 aliphatic carbocycles. The van der Waals surface area contributed by atoms with E-state index >= 15 is 0 Å². The summed E-state index contributed by atoms with van der Waals surface area (Å²) in [6, 6.07) is 12.0. The number of aryl methyl sites for hydroxylation is 1. The fraction of sp³-hybridized carbons (Fsp3) is 0.133. The molecule has 21 heavy (non-hydrogen) atoms. The quantitative estimate of drug-likeness (QED) is 0.478. The van der Waals surface area contributed by atoms with Gasteiger partial charge in [0.05, 0.1) is 11.0 Å². The zero-order chi connectivity index (χ0) is 15.4. The lowest BCUT2D eigenvalue weighted by Gasteiger charge is -2.10. The van der Waals surface area contributed by atoms with Gasteiger partial charge in [0.25, 0.3) is 10.9 Å². The van der Waals surface area contributed by atoms with Gasteiger partial charge < -0.3 is 4.74 Å². The van der Waals surface area contributed by atoms with Crippen LogP contribution in [0.25, 0.3) is 0 Å². The minimum Gasteiger partial charge on any atom is -0.488 e. The van der Waals surface area contributed by atoms with E-state index in [4.69, 9.17) is 16.3 Å². The SMILES string of the molecule is Cc1cc(C(=O)Cl)c([N+](=O)[O-])cc1OCc1ccccc1. The van der Waals surface area contributed by atoms with Crippen molar-refractivity contribution in [3.63, 3.8) is 0 Å². The number of nitro benzene ring substituents is 1. The molecule has 0 aliphatic heterocycles. The number of nitrogens with zero attached hydrogens (tertiary/aromatic N) is 1. The molecule has 2 rings (SSSR count). The van der Waals surface area contributed by atoms with Crippen LogP contribution in [-0.4, -0.2) is 10.2 Å². The minimum atomic E-state index is -0.862. The van der Waals surface area contributed by atoms with E-state index in [0.29, 0.717) is 11.3 Å². The highest BCUT2D eigenvalue weighted by Gasteiger charge is 2.21. The van der Waals surface area contributed by atoms with Gasteiger partial charge in [-0.25, -0.2) is 0 Å². The van der Waals surface area contributed by atoms with Gasteiger partial charge in [0.2, 0.25) is 0 Å². The topological polar surface area (TPSA) is 69.4 Å². The standard InChI is InChI=1S/C15H12ClNO4/c1-10-7-12(15(16)18)13(17(19)20)8-14(10)21-9-11-5-3-2-4-6-11/h2-8H,9H2,1H3. The summed E-state index contributed by atoms with van der Waals surface area (Å²) in [6.45, 7) is 1.99. The molecule has 2 aromatic rings. The van der Waals surface area contributed by atoms with Crippen LogP contribution in [-0.2, 0) is 6.61 Å². The number of hydrogen-bond acceptors (Lipinski definition) is 4. The molecule has 0 spiro atoms. The van der Waals surface area contributed by atoms with Gasteiger partial charge in [-0.3, -0.25) is 14.9 Å². The number of nitro groups is 1. The first-order valence-corrected chi connectivity index (χ1v) is 6.52. The van der Waals surface area contributed by atoms with E-state index in [1.54, 1.807) is 6.92 Å². The molecule has 0 bridgehead atoms. The van der Waals surface area contributed by atoms with E-state index in [-0.39, 0.29) is 17.9 Å². The van der Waals surface area contributed by atoms with Gasteiger partial charge in [-0.1, -0.05) is 30.3 Å². The Hall–Kier alpha value is -2.40. The summed E-state index contributed by atoms with van der Waals surface area (Å²) in [7, 11) is 0. The Bertz CT molecular complexity index is 686. The lowest BCUT2D eigenvalue weighted by atomic mass is 10.1. The molecule has 0 unspecified atom stereocenters. The summed E-state index contributed by atoms with van der Waals surface area (Å²) in [5.74, 6) is 0.354. The molecule has 0 heterocycles. The summed E-state index contributed by atoms with van der Waals surface area (Å²) in [5, 5.41) is 10.1. The molecule has 0 atom stereocenters. The van der Waals surface area contributed by atoms with E-state index < -0.39 is 10.2 Å². The zero-order valence-electron chi connectivity index (χ0n) is 11.2. The van der Waals surface area contributed by atoms with Crippen molar-refractivity contribution in [2.24, 2.45) is 0 Å². The number of hydrogen-bond donors (Lipinski definition) is 0. The average molecular weight is 306 g/mol. The van der Waals surface area contributed by atoms with Gasteiger partial charge in [-0.15, -0.1) is 0 Å². The van der Waals surface area contributed by atoms with Crippen molar-refractivity contribution >= 4 is 22.5 Å². The van der Waals surface area contributed by atoms with Gasteiger partial charge in [-0.05, 0) is 35.7 Å². The second-order valence-electron chi connectivity index (χ2n) is 4.44. The number of carbonyl (C=O) groups is 1. The van der Waals surface area contributed by atoms with Gasteiger partial charge in [0.15, 0.2) is 0 Å². The van der Waals surface area contributed by atoms with Crippen LogP contribution in [0.2, 0.25) is 0 Å². The molecule has 0 aromatic heterocycles. The van der Waals surface area contributed by atoms with Crippen molar-refractivity contribution in [1.29, 1.82) is 0 Å². The van der Waals surface area contributed by atoms with Crippen molar-refractivity contribution in [3.8, 4) is 5.75 Å². The average Bonchev–Trinajstić information content (AvgIpc) is 2.46. The highest BCUT2D eigenvalue weighted by molar-refractivity contribution is 6.68. The van der Waals surface area contributed by atoms with Crippen LogP contribution in [0.1, 0.15) is 21.5 Å². The predicted octanol–water partition coefficient (Wildman–Crippen LogP) is 3.86. The Labute approximate surface area is 126 Å². The molecular formula is C15H12ClNO4. The summed E-state index contributed by atoms with van der Waals surface area (Å²) < 4.78 is 5.59. The number of halogens is 1. The number of rotatable bonds is 5. The van der Waals surface area contributed by atoms with Gasteiger partial charge >= 0.3 is 0 Å². The van der Waals surface area contributed by atoms with Crippen LogP contribution < -0.4 is 4.74 Å². The lowest BCUT2D eigenvalue weighted by Crippen LogP contribution is -2.03. The third kappa shape index (κ3) is 3.58. The van der Waals surface area contributed by atoms with E-state index in [1.807, 2.05) is 30.3 Å². The number of ether oxygens (including phenoxy) is 1. The van der Waals surface area contributed by atoms with E-state index in [2.05, 4.69) is 0 Å². The molecule has 5 nitrogen and oxygen atoms in total. The molecule has 0 N–H and O–H groups in total. The van der Waals surface area contributed by atoms with Crippen LogP contribution in [0.4, 0.5) is 5.69 Å². The maximum absolute atomic E-state index is 11.2. The normalized spacial score (nSPS) is 10.2. The van der Waals surface area contributed by atoms with Crippen LogP contribution in [0.5, 0.6) is 5.75 Å². The molecule has 0 saturated heterocycles. The Morgan fingerprint density at radius 2 is 1.95 bits per heavy atom. The Morgan fingerprint density at radius 3 is 2.52 bits per heavy atom. The largest absolute Gasteiger partial charge is 0.488 e. The highest BCUT2D eigenvalue weighted by atomic mass is 35.5. The van der Waals surface area contributed by atoms with Gasteiger partial charge in [-0.2, -0.15) is 0 Å². The monoisotopic (exact) mass is 305 g/mol. The van der Waals surface area contributed by atoms with Crippen molar-refractivity contribution in [2.75, 3.05) is 0 Å². The molecule has 0 aliphatic rings. The molecular weight excluding hydrogens is 294 g/mol. The van der Waals surface area contributed by atoms with E-state index in [0.717, 1.165) is 5.56 Å². The Morgan fingerprint density at radius 1 is 1.29 bits per heavy atom. The zero-order valence-corrected chi connectivity index (χ0v) is 12.0. The number of carbonyl (C=O) groups excluding carboxylic acids is 1. The fourth-order valence-electron chi connectivity index (χ4n) is 1.88. The first-order valence-electron chi connectivity index (χ1n) is 6.14. The minimum absolute atomic E-state index is 0.133. The van der Waals surface area contributed by atoms with Crippen molar-refractivity contribution in [2.45, 2.75) is 13.5 Å². The molecule has 0 amide bonds. The van der Waals surface area contributed by atoms with E-state index in [1.165, 1.54) is 12.1 Å². The van der Waals surface area contributed by atoms with Crippen molar-refractivity contribution in [3.05, 3.63) is 69.3 Å². The molecule has 108 valence electrons. The van der Waals surface area contributed by atoms with Crippen LogP contribution in [0.15, 0.2) is 42.5 Å². The molecule has 6 heteroatoms. The summed E-state index contributed by atoms with van der Waals surface area (Å²) >= 11 is 5.37. The second-order valence-corrected chi connectivity index (χ2v) is 4.78. The Kier molecular flexibility index (Phi) is 4.55. The maximum Gasteiger partial charge on any atom is 0.285 e. The van der Waals surface area contributed by atoms with Gasteiger partial charge in [0.1, 0.15) is 17.9 Å². The summed E-state index contributed by atoms with van der Waals surface area (Å²) in [5.41, 5.74) is 1.06. The summed E-state index contributed by atoms with van der Waals surface area (Å²) in [4.78, 5) is 21.6. The van der Waals surface area contributed by atoms with Crippen LogP contribution in [0.3, 0.4) is 0 Å². The van der Waals surface area contributed by atoms with Crippen LogP contribution >= 0.6 is 11.6 Å². The first-order chi connectivity index (χ1) is 9.99. The summed E-state index contributed by atoms with van der Waals surface area (Å²) in [6.07, 6.45) is 0. The molecule has 0 saturated carbocycles. The third-order valence-corrected chi connectivity index (χ3v) is 3.14. The smallest absolute Gasteiger partial charge is 0.285 e. The van der Waals surface area contributed by atoms with Crippen molar-refractivity contribution in [1.82, 2.24) is 0 Å². The second kappa shape index (κ2) is 6.37.